The lowest BCUT2D eigenvalue weighted by Crippen LogP contribution is -2.32. The average molecular weight is 297 g/mol. The molecule has 0 bridgehead atoms. The van der Waals surface area contributed by atoms with Crippen LogP contribution in [0.25, 0.3) is 0 Å². The minimum absolute atomic E-state index is 0.758. The van der Waals surface area contributed by atoms with Crippen LogP contribution < -0.4 is 5.73 Å². The first-order valence-corrected chi connectivity index (χ1v) is 7.20. The topological polar surface area (TPSA) is 29.3 Å². The first-order valence-electron chi connectivity index (χ1n) is 6.41. The van der Waals surface area contributed by atoms with E-state index in [1.807, 2.05) is 6.07 Å². The lowest BCUT2D eigenvalue weighted by atomic mass is 9.94. The van der Waals surface area contributed by atoms with Gasteiger partial charge in [0.05, 0.1) is 0 Å². The minimum Gasteiger partial charge on any atom is -0.398 e. The average Bonchev–Trinajstić information content (AvgIpc) is 2.35. The largest absolute Gasteiger partial charge is 0.398 e. The van der Waals surface area contributed by atoms with Crippen molar-refractivity contribution >= 4 is 21.6 Å². The maximum atomic E-state index is 5.91. The second kappa shape index (κ2) is 5.87. The Hall–Kier alpha value is -0.540. The normalized spacial score (nSPS) is 17.6. The Morgan fingerprint density at radius 3 is 2.65 bits per heavy atom. The van der Waals surface area contributed by atoms with Gasteiger partial charge in [0.1, 0.15) is 0 Å². The molecule has 1 aliphatic rings. The molecule has 0 amide bonds. The van der Waals surface area contributed by atoms with Gasteiger partial charge >= 0.3 is 0 Å². The Balaban J connectivity index is 1.96. The van der Waals surface area contributed by atoms with Gasteiger partial charge in [-0.15, -0.1) is 0 Å². The van der Waals surface area contributed by atoms with E-state index in [0.717, 1.165) is 22.7 Å². The van der Waals surface area contributed by atoms with Gasteiger partial charge in [-0.3, -0.25) is 4.90 Å². The fraction of sp³-hybridized carbons (Fsp3) is 0.571. The molecule has 0 saturated heterocycles. The van der Waals surface area contributed by atoms with Crippen molar-refractivity contribution in [3.63, 3.8) is 0 Å². The second-order valence-electron chi connectivity index (χ2n) is 5.06. The lowest BCUT2D eigenvalue weighted by molar-refractivity contribution is 0.184. The van der Waals surface area contributed by atoms with Crippen molar-refractivity contribution < 1.29 is 0 Å². The predicted octanol–water partition coefficient (Wildman–Crippen LogP) is 3.80. The van der Waals surface area contributed by atoms with E-state index in [0.29, 0.717) is 0 Å². The summed E-state index contributed by atoms with van der Waals surface area (Å²) < 4.78 is 0.988. The molecule has 2 nitrogen and oxygen atoms in total. The summed E-state index contributed by atoms with van der Waals surface area (Å²) in [6, 6.07) is 7.02. The number of nitrogens with two attached hydrogens (primary N) is 1. The zero-order valence-corrected chi connectivity index (χ0v) is 12.0. The Bertz CT molecular complexity index is 372. The summed E-state index contributed by atoms with van der Waals surface area (Å²) in [5, 5.41) is 0. The number of nitrogen functional groups attached to an aromatic ring is 1. The van der Waals surface area contributed by atoms with E-state index in [4.69, 9.17) is 5.73 Å². The number of halogens is 1. The quantitative estimate of drug-likeness (QED) is 0.860. The fourth-order valence-electron chi connectivity index (χ4n) is 2.63. The van der Waals surface area contributed by atoms with Crippen LogP contribution >= 0.6 is 15.9 Å². The molecule has 0 unspecified atom stereocenters. The van der Waals surface area contributed by atoms with Crippen molar-refractivity contribution in [3.8, 4) is 0 Å². The van der Waals surface area contributed by atoms with Crippen LogP contribution in [0.15, 0.2) is 22.7 Å². The molecule has 0 heterocycles. The number of rotatable bonds is 3. The van der Waals surface area contributed by atoms with Gasteiger partial charge in [-0.1, -0.05) is 25.3 Å². The molecule has 1 aromatic carbocycles. The summed E-state index contributed by atoms with van der Waals surface area (Å²) in [6.45, 7) is 1.00. The van der Waals surface area contributed by atoms with E-state index in [1.54, 1.807) is 0 Å². The maximum absolute atomic E-state index is 5.91. The number of hydrogen-bond acceptors (Lipinski definition) is 2. The highest BCUT2D eigenvalue weighted by Gasteiger charge is 2.17. The predicted molar refractivity (Wildman–Crippen MR) is 76.9 cm³/mol. The number of benzene rings is 1. The standard InChI is InChI=1S/C14H21BrN2/c1-17(12-5-3-2-4-6-12)10-11-7-8-13(15)14(16)9-11/h7-9,12H,2-6,10,16H2,1H3. The SMILES string of the molecule is CN(Cc1ccc(Br)c(N)c1)C1CCCCC1. The summed E-state index contributed by atoms with van der Waals surface area (Å²) in [6.07, 6.45) is 6.88. The number of hydrogen-bond donors (Lipinski definition) is 1. The molecule has 0 aliphatic heterocycles. The summed E-state index contributed by atoms with van der Waals surface area (Å²) in [4.78, 5) is 2.47. The zero-order chi connectivity index (χ0) is 12.3. The van der Waals surface area contributed by atoms with Crippen LogP contribution in [0, 0.1) is 0 Å². The van der Waals surface area contributed by atoms with Crippen LogP contribution in [-0.2, 0) is 6.54 Å². The smallest absolute Gasteiger partial charge is 0.0461 e. The molecular weight excluding hydrogens is 276 g/mol. The highest BCUT2D eigenvalue weighted by Crippen LogP contribution is 2.25. The Morgan fingerprint density at radius 1 is 1.29 bits per heavy atom. The molecule has 2 rings (SSSR count). The Morgan fingerprint density at radius 2 is 2.00 bits per heavy atom. The van der Waals surface area contributed by atoms with Gasteiger partial charge in [-0.2, -0.15) is 0 Å². The van der Waals surface area contributed by atoms with Gasteiger partial charge in [-0.25, -0.2) is 0 Å². The van der Waals surface area contributed by atoms with Crippen molar-refractivity contribution in [2.45, 2.75) is 44.7 Å². The van der Waals surface area contributed by atoms with Gasteiger partial charge in [0.2, 0.25) is 0 Å². The third kappa shape index (κ3) is 3.46. The molecule has 1 aliphatic carbocycles. The minimum atomic E-state index is 0.758. The van der Waals surface area contributed by atoms with Gasteiger partial charge in [-0.05, 0) is 53.5 Å². The molecule has 3 heteroatoms. The monoisotopic (exact) mass is 296 g/mol. The molecule has 0 spiro atoms. The first-order chi connectivity index (χ1) is 8.16. The summed E-state index contributed by atoms with van der Waals surface area (Å²) in [7, 11) is 2.23. The van der Waals surface area contributed by atoms with Gasteiger partial charge < -0.3 is 5.73 Å². The van der Waals surface area contributed by atoms with Gasteiger partial charge in [0.25, 0.3) is 0 Å². The first kappa shape index (κ1) is 12.9. The van der Waals surface area contributed by atoms with Crippen molar-refractivity contribution in [1.29, 1.82) is 0 Å². The molecule has 0 radical (unpaired) electrons. The number of anilines is 1. The zero-order valence-electron chi connectivity index (χ0n) is 10.5. The molecule has 1 fully saturated rings. The molecular formula is C14H21BrN2. The van der Waals surface area contributed by atoms with Gasteiger partial charge in [0.15, 0.2) is 0 Å². The van der Waals surface area contributed by atoms with Crippen LogP contribution in [0.1, 0.15) is 37.7 Å². The van der Waals surface area contributed by atoms with E-state index in [9.17, 15) is 0 Å². The fourth-order valence-corrected chi connectivity index (χ4v) is 2.88. The molecule has 17 heavy (non-hydrogen) atoms. The lowest BCUT2D eigenvalue weighted by Gasteiger charge is -2.31. The van der Waals surface area contributed by atoms with E-state index < -0.39 is 0 Å². The third-order valence-corrected chi connectivity index (χ3v) is 4.41. The van der Waals surface area contributed by atoms with Crippen molar-refractivity contribution in [2.75, 3.05) is 12.8 Å². The molecule has 0 aromatic heterocycles. The van der Waals surface area contributed by atoms with Gasteiger partial charge in [0, 0.05) is 22.7 Å². The second-order valence-corrected chi connectivity index (χ2v) is 5.92. The van der Waals surface area contributed by atoms with Crippen LogP contribution in [-0.4, -0.2) is 18.0 Å². The molecule has 2 N–H and O–H groups in total. The third-order valence-electron chi connectivity index (χ3n) is 3.69. The summed E-state index contributed by atoms with van der Waals surface area (Å²) in [5.74, 6) is 0. The summed E-state index contributed by atoms with van der Waals surface area (Å²) in [5.41, 5.74) is 8.05. The number of nitrogens with zero attached hydrogens (tertiary/aromatic N) is 1. The van der Waals surface area contributed by atoms with E-state index in [-0.39, 0.29) is 0 Å². The van der Waals surface area contributed by atoms with Crippen molar-refractivity contribution in [2.24, 2.45) is 0 Å². The Kier molecular flexibility index (Phi) is 4.46. The summed E-state index contributed by atoms with van der Waals surface area (Å²) >= 11 is 3.43. The van der Waals surface area contributed by atoms with Crippen LogP contribution in [0.4, 0.5) is 5.69 Å². The highest BCUT2D eigenvalue weighted by atomic mass is 79.9. The van der Waals surface area contributed by atoms with Crippen LogP contribution in [0.5, 0.6) is 0 Å². The Labute approximate surface area is 112 Å². The maximum Gasteiger partial charge on any atom is 0.0461 e. The van der Waals surface area contributed by atoms with Crippen LogP contribution in [0.3, 0.4) is 0 Å². The molecule has 94 valence electrons. The van der Waals surface area contributed by atoms with Crippen molar-refractivity contribution in [1.82, 2.24) is 4.90 Å². The van der Waals surface area contributed by atoms with E-state index in [2.05, 4.69) is 40.0 Å². The van der Waals surface area contributed by atoms with Crippen molar-refractivity contribution in [3.05, 3.63) is 28.2 Å². The van der Waals surface area contributed by atoms with E-state index >= 15 is 0 Å². The molecule has 0 atom stereocenters. The van der Waals surface area contributed by atoms with E-state index in [1.165, 1.54) is 37.7 Å². The molecule has 1 saturated carbocycles. The highest BCUT2D eigenvalue weighted by molar-refractivity contribution is 9.10. The van der Waals surface area contributed by atoms with Crippen LogP contribution in [0.2, 0.25) is 0 Å². The molecule has 1 aromatic rings.